The Kier molecular flexibility index (Phi) is 39.2. The fourth-order valence-electron chi connectivity index (χ4n) is 5.92. The van der Waals surface area contributed by atoms with Crippen molar-refractivity contribution in [1.29, 1.82) is 0 Å². The molecule has 0 heterocycles. The smallest absolute Gasteiger partial charge is 0.726 e. The van der Waals surface area contributed by atoms with Crippen molar-refractivity contribution in [2.45, 2.75) is 213 Å². The van der Waals surface area contributed by atoms with Gasteiger partial charge in [-0.2, -0.15) is 0 Å². The molecule has 0 N–H and O–H groups in total. The second-order valence-corrected chi connectivity index (χ2v) is 13.7. The molecule has 242 valence electrons. The van der Waals surface area contributed by atoms with Crippen LogP contribution in [0, 0.1) is 5.92 Å². The Morgan fingerprint density at radius 2 is 0.659 bits per heavy atom. The van der Waals surface area contributed by atoms with Crippen LogP contribution in [0.4, 0.5) is 0 Å². The van der Waals surface area contributed by atoms with Crippen LogP contribution in [0.2, 0.25) is 0 Å². The van der Waals surface area contributed by atoms with E-state index in [1.165, 1.54) is 173 Å². The van der Waals surface area contributed by atoms with Gasteiger partial charge in [0.05, 0.1) is 6.61 Å². The summed E-state index contributed by atoms with van der Waals surface area (Å²) in [5.74, 6) is 0.198. The molecule has 4 nitrogen and oxygen atoms in total. The Morgan fingerprint density at radius 3 is 0.878 bits per heavy atom. The number of unbranched alkanes of at least 4 members (excludes halogenated alkanes) is 27. The summed E-state index contributed by atoms with van der Waals surface area (Å²) in [6, 6.07) is 0. The minimum absolute atomic E-state index is 0. The molecule has 0 aromatic carbocycles. The molecule has 0 bridgehead atoms. The molecule has 0 rings (SSSR count). The summed E-state index contributed by atoms with van der Waals surface area (Å²) < 4.78 is 37.5. The molecule has 1 atom stereocenters. The van der Waals surface area contributed by atoms with E-state index >= 15 is 0 Å². The van der Waals surface area contributed by atoms with Crippen LogP contribution >= 0.6 is 0 Å². The fourth-order valence-corrected chi connectivity index (χ4v) is 6.28. The van der Waals surface area contributed by atoms with E-state index in [1.807, 2.05) is 0 Å². The van der Waals surface area contributed by atoms with E-state index in [4.69, 9.17) is 0 Å². The van der Waals surface area contributed by atoms with Gasteiger partial charge in [0, 0.05) is 0 Å². The fraction of sp³-hybridized carbons (Fsp3) is 1.00. The van der Waals surface area contributed by atoms with Gasteiger partial charge in [0.1, 0.15) is 0 Å². The van der Waals surface area contributed by atoms with Gasteiger partial charge in [-0.3, -0.25) is 4.18 Å². The van der Waals surface area contributed by atoms with E-state index in [-0.39, 0.29) is 63.9 Å². The van der Waals surface area contributed by atoms with Crippen molar-refractivity contribution in [3.8, 4) is 0 Å². The van der Waals surface area contributed by atoms with Gasteiger partial charge < -0.3 is 4.55 Å². The third-order valence-corrected chi connectivity index (χ3v) is 9.05. The normalized spacial score (nSPS) is 12.5. The summed E-state index contributed by atoms with van der Waals surface area (Å²) in [4.78, 5) is 0. The van der Waals surface area contributed by atoms with Gasteiger partial charge >= 0.3 is 51.4 Å². The Balaban J connectivity index is 0. The van der Waals surface area contributed by atoms with Gasteiger partial charge in [0.2, 0.25) is 10.4 Å². The van der Waals surface area contributed by atoms with Gasteiger partial charge in [-0.25, -0.2) is 8.42 Å². The van der Waals surface area contributed by atoms with Crippen LogP contribution in [0.5, 0.6) is 0 Å². The molecule has 0 radical (unpaired) electrons. The minimum atomic E-state index is -4.59. The molecule has 0 saturated carbocycles. The zero-order valence-corrected chi connectivity index (χ0v) is 32.2. The van der Waals surface area contributed by atoms with Crippen molar-refractivity contribution in [2.75, 3.05) is 6.61 Å². The third-order valence-electron chi connectivity index (χ3n) is 8.63. The molecule has 6 heteroatoms. The van der Waals surface area contributed by atoms with Crippen LogP contribution in [0.25, 0.3) is 0 Å². The maximum Gasteiger partial charge on any atom is 1.00 e. The van der Waals surface area contributed by atoms with Crippen molar-refractivity contribution < 1.29 is 68.5 Å². The summed E-state index contributed by atoms with van der Waals surface area (Å²) in [5.41, 5.74) is 0. The van der Waals surface area contributed by atoms with E-state index in [0.717, 1.165) is 25.7 Å². The van der Waals surface area contributed by atoms with Crippen LogP contribution in [-0.4, -0.2) is 19.6 Å². The summed E-state index contributed by atoms with van der Waals surface area (Å²) >= 11 is 0. The Morgan fingerprint density at radius 1 is 0.439 bits per heavy atom. The van der Waals surface area contributed by atoms with Crippen molar-refractivity contribution in [2.24, 2.45) is 5.92 Å². The molecule has 0 aromatic rings. The predicted molar refractivity (Wildman–Crippen MR) is 174 cm³/mol. The first-order chi connectivity index (χ1) is 19.5. The Hall–Kier alpha value is 1.51. The first-order valence-corrected chi connectivity index (χ1v) is 19.4. The predicted octanol–water partition coefficient (Wildman–Crippen LogP) is 9.22. The average molecular weight is 627 g/mol. The molecule has 0 aromatic heterocycles. The Labute approximate surface area is 301 Å². The molecule has 41 heavy (non-hydrogen) atoms. The SMILES string of the molecule is CCCCCCCCCCCCCCCCCCCCCC(CCCCCCCCCCCC)COS(=O)(=O)[O-].[K+]. The third kappa shape index (κ3) is 39.5. The van der Waals surface area contributed by atoms with Crippen molar-refractivity contribution in [3.63, 3.8) is 0 Å². The zero-order valence-electron chi connectivity index (χ0n) is 28.2. The molecule has 0 aliphatic rings. The van der Waals surface area contributed by atoms with Gasteiger partial charge in [-0.05, 0) is 18.8 Å². The van der Waals surface area contributed by atoms with Gasteiger partial charge in [0.15, 0.2) is 0 Å². The van der Waals surface area contributed by atoms with Crippen LogP contribution < -0.4 is 51.4 Å². The minimum Gasteiger partial charge on any atom is -0.726 e. The average Bonchev–Trinajstić information content (AvgIpc) is 2.93. The molecule has 0 aliphatic carbocycles. The molecule has 0 aliphatic heterocycles. The van der Waals surface area contributed by atoms with Crippen molar-refractivity contribution >= 4 is 10.4 Å². The standard InChI is InChI=1S/C35H72O4S.K/c1-3-5-7-9-11-13-15-16-17-18-19-20-21-22-23-25-27-29-31-33-35(34-39-40(36,37)38)32-30-28-26-24-14-12-10-8-6-4-2;/h35H,3-34H2,1-2H3,(H,36,37,38);/q;+1/p-1. The summed E-state index contributed by atoms with van der Waals surface area (Å²) in [6.45, 7) is 4.61. The second kappa shape index (κ2) is 36.0. The molecule has 0 amide bonds. The quantitative estimate of drug-likeness (QED) is 0.0309. The van der Waals surface area contributed by atoms with Crippen LogP contribution in [-0.2, 0) is 14.6 Å². The van der Waals surface area contributed by atoms with Gasteiger partial charge in [-0.1, -0.05) is 200 Å². The van der Waals surface area contributed by atoms with E-state index in [2.05, 4.69) is 18.0 Å². The van der Waals surface area contributed by atoms with Gasteiger partial charge in [-0.15, -0.1) is 0 Å². The molecule has 1 unspecified atom stereocenters. The molecular weight excluding hydrogens is 556 g/mol. The first-order valence-electron chi connectivity index (χ1n) is 18.1. The number of hydrogen-bond donors (Lipinski definition) is 0. The summed E-state index contributed by atoms with van der Waals surface area (Å²) in [5, 5.41) is 0. The van der Waals surface area contributed by atoms with Crippen LogP contribution in [0.1, 0.15) is 213 Å². The molecule has 0 spiro atoms. The number of rotatable bonds is 34. The van der Waals surface area contributed by atoms with Crippen molar-refractivity contribution in [3.05, 3.63) is 0 Å². The molecular formula is C35H71KO4S. The van der Waals surface area contributed by atoms with Crippen molar-refractivity contribution in [1.82, 2.24) is 0 Å². The van der Waals surface area contributed by atoms with Crippen LogP contribution in [0.15, 0.2) is 0 Å². The van der Waals surface area contributed by atoms with E-state index in [1.54, 1.807) is 0 Å². The number of hydrogen-bond acceptors (Lipinski definition) is 4. The van der Waals surface area contributed by atoms with E-state index < -0.39 is 10.4 Å². The van der Waals surface area contributed by atoms with Crippen LogP contribution in [0.3, 0.4) is 0 Å². The topological polar surface area (TPSA) is 66.4 Å². The first kappa shape index (κ1) is 44.6. The summed E-state index contributed by atoms with van der Waals surface area (Å²) in [7, 11) is -4.59. The van der Waals surface area contributed by atoms with Gasteiger partial charge in [0.25, 0.3) is 0 Å². The molecule has 0 fully saturated rings. The maximum absolute atomic E-state index is 11.0. The van der Waals surface area contributed by atoms with E-state index in [9.17, 15) is 13.0 Å². The summed E-state index contributed by atoms with van der Waals surface area (Å²) in [6.07, 6.45) is 41.0. The Bertz CT molecular complexity index is 585. The maximum atomic E-state index is 11.0. The monoisotopic (exact) mass is 626 g/mol. The zero-order chi connectivity index (χ0) is 29.4. The largest absolute Gasteiger partial charge is 1.00 e. The molecule has 0 saturated heterocycles. The van der Waals surface area contributed by atoms with E-state index in [0.29, 0.717) is 0 Å². The second-order valence-electron chi connectivity index (χ2n) is 12.7.